The van der Waals surface area contributed by atoms with Crippen LogP contribution in [-0.2, 0) is 27.1 Å². The van der Waals surface area contributed by atoms with E-state index in [1.54, 1.807) is 24.3 Å². The summed E-state index contributed by atoms with van der Waals surface area (Å²) >= 11 is 12.9. The van der Waals surface area contributed by atoms with Crippen molar-refractivity contribution in [2.75, 3.05) is 19.8 Å². The van der Waals surface area contributed by atoms with Crippen molar-refractivity contribution in [3.63, 3.8) is 0 Å². The highest BCUT2D eigenvalue weighted by Crippen LogP contribution is 2.61. The number of ether oxygens (including phenoxy) is 3. The van der Waals surface area contributed by atoms with E-state index >= 15 is 0 Å². The zero-order chi connectivity index (χ0) is 44.9. The van der Waals surface area contributed by atoms with E-state index in [1.807, 2.05) is 12.1 Å². The van der Waals surface area contributed by atoms with Crippen LogP contribution in [0.25, 0.3) is 0 Å². The molecule has 11 nitrogen and oxygen atoms in total. The lowest BCUT2D eigenvalue weighted by molar-refractivity contribution is -0.231. The minimum atomic E-state index is -1.41. The van der Waals surface area contributed by atoms with Gasteiger partial charge < -0.3 is 55.1 Å². The maximum Gasteiger partial charge on any atom is 0.113 e. The molecule has 6 aliphatic rings. The Labute approximate surface area is 384 Å². The van der Waals surface area contributed by atoms with E-state index in [-0.39, 0.29) is 5.60 Å². The fraction of sp³-hybridized carbons (Fsp3) is 0.529. The average molecular weight is 920 g/mol. The van der Waals surface area contributed by atoms with Crippen molar-refractivity contribution in [3.05, 3.63) is 139 Å². The standard InChI is InChI=1S/C26H31ClO5.C25H29ClO6/c27-20-6-5-17(25-24(31)23(30)22(29)21(14-28)32-25)12-19(20)11-15-1-3-16(4-2-15)18-7-8-26(13-18)9-10-26;26-19-6-5-16(24-23(30)22(29)21(28)20(12-27)32-24)10-17(19)9-14-1-3-15(4-2-14)18-11-25(7-8-25)31-13-18/h1-6,12,18,21-25,28-31H,7-11,13-14H2;1-6,10,18,20-24,27-30H,7-9,11-13H2/t18?,21-,22-,23+,24-,25-;18?,20-,21-,22+,23-,24-/m11/s1. The van der Waals surface area contributed by atoms with E-state index in [9.17, 15) is 40.9 Å². The van der Waals surface area contributed by atoms with Crippen molar-refractivity contribution in [2.24, 2.45) is 5.41 Å². The molecule has 2 spiro atoms. The molecule has 6 fully saturated rings. The number of aliphatic hydroxyl groups excluding tert-OH is 8. The monoisotopic (exact) mass is 918 g/mol. The third-order valence-corrected chi connectivity index (χ3v) is 15.7. The molecule has 13 heteroatoms. The van der Waals surface area contributed by atoms with Gasteiger partial charge in [-0.15, -0.1) is 0 Å². The first kappa shape index (κ1) is 46.1. The van der Waals surface area contributed by atoms with Crippen LogP contribution in [0.15, 0.2) is 84.9 Å². The molecule has 2 unspecified atom stereocenters. The van der Waals surface area contributed by atoms with Crippen LogP contribution < -0.4 is 0 Å². The first-order valence-electron chi connectivity index (χ1n) is 22.8. The summed E-state index contributed by atoms with van der Waals surface area (Å²) < 4.78 is 17.4. The molecule has 8 N–H and O–H groups in total. The zero-order valence-corrected chi connectivity index (χ0v) is 37.3. The van der Waals surface area contributed by atoms with Gasteiger partial charge in [0.1, 0.15) is 61.0 Å². The van der Waals surface area contributed by atoms with E-state index in [1.165, 1.54) is 56.1 Å². The quantitative estimate of drug-likeness (QED) is 0.0936. The highest BCUT2D eigenvalue weighted by molar-refractivity contribution is 6.31. The molecule has 3 saturated heterocycles. The summed E-state index contributed by atoms with van der Waals surface area (Å²) in [5, 5.41) is 81.3. The Morgan fingerprint density at radius 1 is 0.500 bits per heavy atom. The Balaban J connectivity index is 0.000000162. The SMILES string of the molecule is OC[C@H]1O[C@H](c2ccc(Cl)c(Cc3ccc(C4CCC5(CC5)C4)cc3)c2)[C@H](O)[C@@H](O)[C@@H]1O.OC[C@H]1O[C@H](c2ccc(Cl)c(Cc3ccc(C4COC5(CC5)C4)cc3)c2)[C@H](O)[C@@H](O)[C@@H]1O. The van der Waals surface area contributed by atoms with Crippen LogP contribution in [0.1, 0.15) is 120 Å². The van der Waals surface area contributed by atoms with Crippen LogP contribution >= 0.6 is 23.2 Å². The summed E-state index contributed by atoms with van der Waals surface area (Å²) in [6, 6.07) is 28.1. The Bertz CT molecular complexity index is 2070. The number of benzene rings is 4. The Hall–Kier alpha value is -2.98. The maximum atomic E-state index is 10.5. The highest BCUT2D eigenvalue weighted by Gasteiger charge is 2.51. The number of halogens is 2. The molecule has 4 aromatic rings. The molecule has 12 atom stereocenters. The third-order valence-electron chi connectivity index (χ3n) is 14.9. The van der Waals surface area contributed by atoms with Crippen LogP contribution in [0.5, 0.6) is 0 Å². The zero-order valence-electron chi connectivity index (χ0n) is 35.8. The molecular formula is C51H60Cl2O11. The van der Waals surface area contributed by atoms with Gasteiger partial charge in [0.2, 0.25) is 0 Å². The average Bonchev–Trinajstić information content (AvgIpc) is 4.16. The van der Waals surface area contributed by atoms with Crippen LogP contribution in [0.3, 0.4) is 0 Å². The van der Waals surface area contributed by atoms with Crippen LogP contribution in [0.4, 0.5) is 0 Å². The Morgan fingerprint density at radius 3 is 1.36 bits per heavy atom. The van der Waals surface area contributed by atoms with Gasteiger partial charge in [-0.05, 0) is 132 Å². The van der Waals surface area contributed by atoms with Crippen molar-refractivity contribution < 1.29 is 55.1 Å². The fourth-order valence-corrected chi connectivity index (χ4v) is 10.9. The summed E-state index contributed by atoms with van der Waals surface area (Å²) in [5.41, 5.74) is 8.89. The van der Waals surface area contributed by atoms with Crippen LogP contribution in [0.2, 0.25) is 10.0 Å². The second-order valence-electron chi connectivity index (χ2n) is 19.4. The molecule has 344 valence electrons. The lowest BCUT2D eigenvalue weighted by Gasteiger charge is -2.40. The molecule has 64 heavy (non-hydrogen) atoms. The van der Waals surface area contributed by atoms with Crippen molar-refractivity contribution in [1.29, 1.82) is 0 Å². The minimum absolute atomic E-state index is 0.168. The fourth-order valence-electron chi connectivity index (χ4n) is 10.5. The van der Waals surface area contributed by atoms with Crippen molar-refractivity contribution >= 4 is 23.2 Å². The van der Waals surface area contributed by atoms with Gasteiger partial charge in [0.05, 0.1) is 25.4 Å². The molecular weight excluding hydrogens is 859 g/mol. The van der Waals surface area contributed by atoms with E-state index in [0.717, 1.165) is 35.3 Å². The van der Waals surface area contributed by atoms with Gasteiger partial charge in [0.25, 0.3) is 0 Å². The first-order chi connectivity index (χ1) is 30.8. The first-order valence-corrected chi connectivity index (χ1v) is 23.5. The predicted octanol–water partition coefficient (Wildman–Crippen LogP) is 5.98. The lowest BCUT2D eigenvalue weighted by Crippen LogP contribution is -2.55. The van der Waals surface area contributed by atoms with Gasteiger partial charge in [-0.2, -0.15) is 0 Å². The summed E-state index contributed by atoms with van der Waals surface area (Å²) in [5.74, 6) is 1.15. The molecule has 0 bridgehead atoms. The number of hydrogen-bond acceptors (Lipinski definition) is 11. The molecule has 3 aliphatic carbocycles. The number of rotatable bonds is 10. The normalized spacial score (nSPS) is 33.5. The van der Waals surface area contributed by atoms with Gasteiger partial charge in [-0.25, -0.2) is 0 Å². The van der Waals surface area contributed by atoms with Gasteiger partial charge in [0.15, 0.2) is 0 Å². The second kappa shape index (κ2) is 19.0. The molecule has 4 aromatic carbocycles. The highest BCUT2D eigenvalue weighted by atomic mass is 35.5. The lowest BCUT2D eigenvalue weighted by atomic mass is 9.90. The predicted molar refractivity (Wildman–Crippen MR) is 240 cm³/mol. The van der Waals surface area contributed by atoms with E-state index in [4.69, 9.17) is 37.4 Å². The molecule has 10 rings (SSSR count). The molecule has 3 saturated carbocycles. The topological polar surface area (TPSA) is 190 Å². The van der Waals surface area contributed by atoms with Gasteiger partial charge in [0, 0.05) is 16.0 Å². The molecule has 3 aliphatic heterocycles. The second-order valence-corrected chi connectivity index (χ2v) is 20.2. The van der Waals surface area contributed by atoms with Crippen LogP contribution in [-0.4, -0.2) is 115 Å². The minimum Gasteiger partial charge on any atom is -0.394 e. The van der Waals surface area contributed by atoms with Crippen molar-refractivity contribution in [2.45, 2.75) is 143 Å². The molecule has 0 radical (unpaired) electrons. The summed E-state index contributed by atoms with van der Waals surface area (Å²) in [6.45, 7) is -0.107. The molecule has 0 amide bonds. The molecule has 0 aromatic heterocycles. The smallest absolute Gasteiger partial charge is 0.113 e. The van der Waals surface area contributed by atoms with E-state index in [2.05, 4.69) is 48.5 Å². The third kappa shape index (κ3) is 9.71. The summed E-state index contributed by atoms with van der Waals surface area (Å²) in [7, 11) is 0. The Morgan fingerprint density at radius 2 is 0.953 bits per heavy atom. The summed E-state index contributed by atoms with van der Waals surface area (Å²) in [6.07, 6.45) is -0.244. The van der Waals surface area contributed by atoms with Gasteiger partial charge >= 0.3 is 0 Å². The summed E-state index contributed by atoms with van der Waals surface area (Å²) in [4.78, 5) is 0. The van der Waals surface area contributed by atoms with Crippen molar-refractivity contribution in [1.82, 2.24) is 0 Å². The Kier molecular flexibility index (Phi) is 13.7. The number of hydrogen-bond donors (Lipinski definition) is 8. The van der Waals surface area contributed by atoms with Crippen LogP contribution in [0, 0.1) is 5.41 Å². The van der Waals surface area contributed by atoms with Crippen molar-refractivity contribution in [3.8, 4) is 0 Å². The maximum absolute atomic E-state index is 10.5. The largest absolute Gasteiger partial charge is 0.394 e. The van der Waals surface area contributed by atoms with Gasteiger partial charge in [-0.3, -0.25) is 0 Å². The number of aliphatic hydroxyl groups is 8. The van der Waals surface area contributed by atoms with E-state index < -0.39 is 74.3 Å². The van der Waals surface area contributed by atoms with E-state index in [0.29, 0.717) is 51.3 Å². The molecule has 3 heterocycles. The van der Waals surface area contributed by atoms with Gasteiger partial charge in [-0.1, -0.05) is 96.0 Å².